The molecule has 0 unspecified atom stereocenters. The number of nitro groups is 1. The molecule has 0 saturated heterocycles. The summed E-state index contributed by atoms with van der Waals surface area (Å²) in [7, 11) is 1.20. The molecule has 0 aliphatic heterocycles. The summed E-state index contributed by atoms with van der Waals surface area (Å²) >= 11 is 0. The molecule has 4 aromatic rings. The predicted octanol–water partition coefficient (Wildman–Crippen LogP) is 6.85. The first kappa shape index (κ1) is 27.1. The molecule has 4 rings (SSSR count). The number of carbonyl (C=O) groups excluding carboxylic acids is 1. The van der Waals surface area contributed by atoms with Crippen LogP contribution in [0.15, 0.2) is 60.7 Å². The van der Waals surface area contributed by atoms with Gasteiger partial charge in [0.15, 0.2) is 0 Å². The van der Waals surface area contributed by atoms with Crippen LogP contribution in [-0.4, -0.2) is 28.0 Å². The van der Waals surface area contributed by atoms with E-state index in [0.29, 0.717) is 17.8 Å². The van der Waals surface area contributed by atoms with E-state index in [1.54, 1.807) is 0 Å². The van der Waals surface area contributed by atoms with Crippen LogP contribution >= 0.6 is 0 Å². The van der Waals surface area contributed by atoms with Crippen molar-refractivity contribution in [2.75, 3.05) is 17.7 Å². The zero-order valence-electron chi connectivity index (χ0n) is 19.5. The number of nitro benzene ring substituents is 1. The number of anilines is 4. The number of rotatable bonds is 6. The van der Waals surface area contributed by atoms with E-state index in [1.165, 1.54) is 37.4 Å². The number of esters is 1. The zero-order valence-corrected chi connectivity index (χ0v) is 19.5. The van der Waals surface area contributed by atoms with E-state index < -0.39 is 46.0 Å². The van der Waals surface area contributed by atoms with Crippen molar-refractivity contribution in [3.63, 3.8) is 0 Å². The minimum absolute atomic E-state index is 0.0173. The van der Waals surface area contributed by atoms with Crippen molar-refractivity contribution in [1.29, 1.82) is 0 Å². The molecule has 15 heteroatoms. The molecule has 0 spiro atoms. The van der Waals surface area contributed by atoms with E-state index in [-0.39, 0.29) is 34.0 Å². The highest BCUT2D eigenvalue weighted by atomic mass is 19.4. The van der Waals surface area contributed by atoms with Crippen LogP contribution in [0.2, 0.25) is 0 Å². The van der Waals surface area contributed by atoms with Crippen molar-refractivity contribution in [2.24, 2.45) is 0 Å². The highest BCUT2D eigenvalue weighted by molar-refractivity contribution is 5.94. The molecule has 0 bridgehead atoms. The average Bonchev–Trinajstić information content (AvgIpc) is 2.87. The lowest BCUT2D eigenvalue weighted by Crippen LogP contribution is -2.12. The number of non-ortho nitro benzene ring substituents is 1. The van der Waals surface area contributed by atoms with Crippen LogP contribution in [0.4, 0.5) is 55.2 Å². The first-order chi connectivity index (χ1) is 18.2. The van der Waals surface area contributed by atoms with E-state index in [9.17, 15) is 41.3 Å². The Balaban J connectivity index is 1.80. The van der Waals surface area contributed by atoms with Gasteiger partial charge in [0.05, 0.1) is 34.2 Å². The fraction of sp³-hybridized carbons (Fsp3) is 0.125. The lowest BCUT2D eigenvalue weighted by Gasteiger charge is -2.16. The molecule has 0 fully saturated rings. The van der Waals surface area contributed by atoms with Crippen LogP contribution < -0.4 is 10.6 Å². The third kappa shape index (κ3) is 6.14. The van der Waals surface area contributed by atoms with Crippen molar-refractivity contribution in [3.05, 3.63) is 87.5 Å². The van der Waals surface area contributed by atoms with Gasteiger partial charge in [0.25, 0.3) is 5.69 Å². The number of hydrogen-bond acceptors (Lipinski definition) is 8. The molecule has 0 saturated carbocycles. The Morgan fingerprint density at radius 3 is 2.00 bits per heavy atom. The number of hydrogen-bond donors (Lipinski definition) is 2. The van der Waals surface area contributed by atoms with E-state index in [0.717, 1.165) is 12.1 Å². The number of alkyl halides is 6. The van der Waals surface area contributed by atoms with Crippen molar-refractivity contribution in [2.45, 2.75) is 12.4 Å². The molecule has 3 aromatic carbocycles. The minimum Gasteiger partial charge on any atom is -0.465 e. The van der Waals surface area contributed by atoms with E-state index in [1.807, 2.05) is 0 Å². The maximum atomic E-state index is 13.3. The summed E-state index contributed by atoms with van der Waals surface area (Å²) in [6.07, 6.45) is -10.1. The van der Waals surface area contributed by atoms with Gasteiger partial charge in [-0.15, -0.1) is 0 Å². The third-order valence-corrected chi connectivity index (χ3v) is 5.30. The van der Waals surface area contributed by atoms with Gasteiger partial charge >= 0.3 is 18.3 Å². The summed E-state index contributed by atoms with van der Waals surface area (Å²) in [5.41, 5.74) is -3.33. The van der Waals surface area contributed by atoms with Crippen LogP contribution in [0.3, 0.4) is 0 Å². The molecule has 202 valence electrons. The monoisotopic (exact) mass is 551 g/mol. The van der Waals surface area contributed by atoms with Gasteiger partial charge in [0.1, 0.15) is 5.82 Å². The van der Waals surface area contributed by atoms with E-state index in [4.69, 9.17) is 0 Å². The fourth-order valence-corrected chi connectivity index (χ4v) is 3.48. The molecule has 0 aliphatic carbocycles. The standard InChI is InChI=1S/C24H15F6N5O4/c1-39-21(36)12-2-4-15(5-3-12)31-20-18-11-17(35(37)38)6-7-19(18)33-22(34-20)32-16-9-13(23(25,26)27)8-14(10-16)24(28,29)30/h2-11H,1H3,(H2,31,32,33,34). The summed E-state index contributed by atoms with van der Waals surface area (Å²) < 4.78 is 84.3. The molecule has 0 amide bonds. The maximum Gasteiger partial charge on any atom is 0.416 e. The van der Waals surface area contributed by atoms with Gasteiger partial charge in [-0.25, -0.2) is 9.78 Å². The molecule has 1 heterocycles. The van der Waals surface area contributed by atoms with Gasteiger partial charge < -0.3 is 15.4 Å². The lowest BCUT2D eigenvalue weighted by atomic mass is 10.1. The molecule has 0 aliphatic rings. The van der Waals surface area contributed by atoms with Crippen LogP contribution in [0.1, 0.15) is 21.5 Å². The summed E-state index contributed by atoms with van der Waals surface area (Å²) in [6, 6.07) is 10.2. The quantitative estimate of drug-likeness (QED) is 0.116. The van der Waals surface area contributed by atoms with E-state index >= 15 is 0 Å². The number of aromatic nitrogens is 2. The number of ether oxygens (including phenoxy) is 1. The topological polar surface area (TPSA) is 119 Å². The fourth-order valence-electron chi connectivity index (χ4n) is 3.48. The summed E-state index contributed by atoms with van der Waals surface area (Å²) in [6.45, 7) is 0. The van der Waals surface area contributed by atoms with Crippen LogP contribution in [0.25, 0.3) is 10.9 Å². The Hall–Kier alpha value is -4.95. The van der Waals surface area contributed by atoms with Crippen molar-refractivity contribution >= 4 is 45.7 Å². The molecule has 1 aromatic heterocycles. The van der Waals surface area contributed by atoms with Gasteiger partial charge in [-0.3, -0.25) is 10.1 Å². The average molecular weight is 551 g/mol. The number of benzene rings is 3. The normalized spacial score (nSPS) is 11.8. The summed E-state index contributed by atoms with van der Waals surface area (Å²) in [4.78, 5) is 30.5. The Labute approximate surface area is 214 Å². The molecule has 39 heavy (non-hydrogen) atoms. The number of carbonyl (C=O) groups is 1. The predicted molar refractivity (Wildman–Crippen MR) is 127 cm³/mol. The zero-order chi connectivity index (χ0) is 28.5. The van der Waals surface area contributed by atoms with Crippen molar-refractivity contribution in [3.8, 4) is 0 Å². The number of nitrogens with one attached hydrogen (secondary N) is 2. The van der Waals surface area contributed by atoms with Crippen molar-refractivity contribution in [1.82, 2.24) is 9.97 Å². The Morgan fingerprint density at radius 1 is 0.846 bits per heavy atom. The molecule has 0 radical (unpaired) electrons. The number of nitrogens with zero attached hydrogens (tertiary/aromatic N) is 3. The number of methoxy groups -OCH3 is 1. The van der Waals surface area contributed by atoms with Gasteiger partial charge in [0.2, 0.25) is 5.95 Å². The van der Waals surface area contributed by atoms with Crippen LogP contribution in [0.5, 0.6) is 0 Å². The van der Waals surface area contributed by atoms with Gasteiger partial charge in [-0.2, -0.15) is 31.3 Å². The third-order valence-electron chi connectivity index (χ3n) is 5.30. The Kier molecular flexibility index (Phi) is 7.00. The van der Waals surface area contributed by atoms with E-state index in [2.05, 4.69) is 25.3 Å². The van der Waals surface area contributed by atoms with Gasteiger partial charge in [0, 0.05) is 28.9 Å². The molecule has 9 nitrogen and oxygen atoms in total. The Morgan fingerprint density at radius 2 is 1.46 bits per heavy atom. The van der Waals surface area contributed by atoms with Gasteiger partial charge in [-0.1, -0.05) is 0 Å². The van der Waals surface area contributed by atoms with Crippen LogP contribution in [0, 0.1) is 10.1 Å². The minimum atomic E-state index is -5.07. The largest absolute Gasteiger partial charge is 0.465 e. The molecule has 0 atom stereocenters. The molecular formula is C24H15F6N5O4. The second kappa shape index (κ2) is 10.1. The van der Waals surface area contributed by atoms with Crippen molar-refractivity contribution < 1.29 is 40.8 Å². The first-order valence-corrected chi connectivity index (χ1v) is 10.7. The van der Waals surface area contributed by atoms with Gasteiger partial charge in [-0.05, 0) is 48.5 Å². The lowest BCUT2D eigenvalue weighted by molar-refractivity contribution is -0.384. The van der Waals surface area contributed by atoms with Crippen LogP contribution in [-0.2, 0) is 17.1 Å². The molecule has 2 N–H and O–H groups in total. The molecular weight excluding hydrogens is 536 g/mol. The smallest absolute Gasteiger partial charge is 0.416 e. The number of halogens is 6. The Bertz CT molecular complexity index is 1540. The summed E-state index contributed by atoms with van der Waals surface area (Å²) in [5, 5.41) is 16.6. The highest BCUT2D eigenvalue weighted by Gasteiger charge is 2.37. The SMILES string of the molecule is COC(=O)c1ccc(Nc2nc(Nc3cc(C(F)(F)F)cc(C(F)(F)F)c3)nc3ccc([N+](=O)[O-])cc23)cc1. The summed E-state index contributed by atoms with van der Waals surface area (Å²) in [5.74, 6) is -1.05. The maximum absolute atomic E-state index is 13.3. The number of fused-ring (bicyclic) bond motifs is 1. The first-order valence-electron chi connectivity index (χ1n) is 10.7. The highest BCUT2D eigenvalue weighted by Crippen LogP contribution is 2.38. The second-order valence-corrected chi connectivity index (χ2v) is 7.97. The second-order valence-electron chi connectivity index (χ2n) is 7.97.